The van der Waals surface area contributed by atoms with E-state index in [9.17, 15) is 14.3 Å². The van der Waals surface area contributed by atoms with Gasteiger partial charge >= 0.3 is 0 Å². The zero-order chi connectivity index (χ0) is 25.6. The fourth-order valence-electron chi connectivity index (χ4n) is 2.64. The molecule has 0 spiro atoms. The van der Waals surface area contributed by atoms with E-state index in [2.05, 4.69) is 25.9 Å². The molecular weight excluding hydrogens is 457 g/mol. The third-order valence-electron chi connectivity index (χ3n) is 4.28. The summed E-state index contributed by atoms with van der Waals surface area (Å²) in [6.45, 7) is 4.22. The number of methoxy groups -OCH3 is 1. The molecule has 1 heterocycles. The third kappa shape index (κ3) is 8.81. The Balaban J connectivity index is 0.00000210. The van der Waals surface area contributed by atoms with Crippen LogP contribution in [-0.2, 0) is 9.53 Å². The molecule has 10 nitrogen and oxygen atoms in total. The molecule has 0 saturated heterocycles. The highest BCUT2D eigenvalue weighted by Gasteiger charge is 2.14. The molecule has 1 amide bonds. The van der Waals surface area contributed by atoms with Gasteiger partial charge in [0.05, 0.1) is 19.4 Å². The second-order valence-corrected chi connectivity index (χ2v) is 6.77. The van der Waals surface area contributed by atoms with E-state index < -0.39 is 24.4 Å². The number of nitrogens with one attached hydrogen (secondary N) is 3. The van der Waals surface area contributed by atoms with E-state index in [0.717, 1.165) is 6.20 Å². The lowest BCUT2D eigenvalue weighted by Gasteiger charge is -2.12. The lowest BCUT2D eigenvalue weighted by molar-refractivity contribution is -0.125. The maximum atomic E-state index is 14.3. The van der Waals surface area contributed by atoms with Gasteiger partial charge in [0.1, 0.15) is 12.4 Å². The Morgan fingerprint density at radius 2 is 1.77 bits per heavy atom. The van der Waals surface area contributed by atoms with Crippen LogP contribution < -0.4 is 20.7 Å². The van der Waals surface area contributed by atoms with Gasteiger partial charge in [-0.15, -0.1) is 0 Å². The van der Waals surface area contributed by atoms with Crippen LogP contribution in [0.4, 0.5) is 33.2 Å². The van der Waals surface area contributed by atoms with Gasteiger partial charge in [0.2, 0.25) is 5.95 Å². The Morgan fingerprint density at radius 3 is 2.46 bits per heavy atom. The molecule has 3 aromatic rings. The van der Waals surface area contributed by atoms with E-state index in [1.54, 1.807) is 49.6 Å². The van der Waals surface area contributed by atoms with Crippen molar-refractivity contribution in [2.45, 2.75) is 20.0 Å². The molecule has 0 aliphatic carbocycles. The number of aliphatic hydroxyl groups excluding tert-OH is 2. The highest BCUT2D eigenvalue weighted by atomic mass is 19.1. The molecule has 188 valence electrons. The predicted octanol–water partition coefficient (Wildman–Crippen LogP) is 3.45. The minimum absolute atomic E-state index is 0.0779. The molecule has 0 saturated carbocycles. The molecule has 35 heavy (non-hydrogen) atoms. The van der Waals surface area contributed by atoms with Gasteiger partial charge < -0.3 is 35.6 Å². The number of hydrogen-bond donors (Lipinski definition) is 5. The van der Waals surface area contributed by atoms with Crippen molar-refractivity contribution in [2.24, 2.45) is 0 Å². The van der Waals surface area contributed by atoms with E-state index in [4.69, 9.17) is 14.6 Å². The molecule has 1 atom stereocenters. The Morgan fingerprint density at radius 1 is 1.06 bits per heavy atom. The Bertz CT molecular complexity index is 1070. The Hall–Kier alpha value is -3.80. The molecule has 0 aliphatic heterocycles. The van der Waals surface area contributed by atoms with E-state index in [-0.39, 0.29) is 11.8 Å². The van der Waals surface area contributed by atoms with Crippen LogP contribution in [0.3, 0.4) is 0 Å². The number of hydrogen-bond acceptors (Lipinski definition) is 9. The lowest BCUT2D eigenvalue weighted by Crippen LogP contribution is -2.30. The largest absolute Gasteiger partial charge is 0.491 e. The molecular formula is C24H30FN5O5. The number of anilines is 5. The zero-order valence-corrected chi connectivity index (χ0v) is 19.8. The number of amides is 1. The first kappa shape index (κ1) is 27.4. The molecule has 0 fully saturated rings. The van der Waals surface area contributed by atoms with Crippen molar-refractivity contribution in [1.29, 1.82) is 0 Å². The minimum atomic E-state index is -1.54. The summed E-state index contributed by atoms with van der Waals surface area (Å²) >= 11 is 0. The predicted molar refractivity (Wildman–Crippen MR) is 132 cm³/mol. The highest BCUT2D eigenvalue weighted by molar-refractivity contribution is 5.94. The van der Waals surface area contributed by atoms with Crippen molar-refractivity contribution in [3.8, 4) is 5.75 Å². The molecule has 1 unspecified atom stereocenters. The first-order chi connectivity index (χ1) is 17.0. The summed E-state index contributed by atoms with van der Waals surface area (Å²) in [5.41, 5.74) is 1.46. The number of benzene rings is 2. The summed E-state index contributed by atoms with van der Waals surface area (Å²) in [5.74, 6) is -0.663. The second-order valence-electron chi connectivity index (χ2n) is 6.77. The van der Waals surface area contributed by atoms with Crippen LogP contribution in [0, 0.1) is 5.82 Å². The maximum absolute atomic E-state index is 14.3. The van der Waals surface area contributed by atoms with E-state index in [0.29, 0.717) is 36.0 Å². The summed E-state index contributed by atoms with van der Waals surface area (Å²) in [5, 5.41) is 26.5. The minimum Gasteiger partial charge on any atom is -0.491 e. The van der Waals surface area contributed by atoms with Gasteiger partial charge in [-0.1, -0.05) is 19.9 Å². The van der Waals surface area contributed by atoms with Crippen LogP contribution in [0.15, 0.2) is 54.7 Å². The number of carbonyl (C=O) groups is 1. The van der Waals surface area contributed by atoms with Gasteiger partial charge in [0, 0.05) is 24.2 Å². The average molecular weight is 488 g/mol. The third-order valence-corrected chi connectivity index (χ3v) is 4.28. The first-order valence-electron chi connectivity index (χ1n) is 11.0. The van der Waals surface area contributed by atoms with Crippen LogP contribution in [0.25, 0.3) is 0 Å². The molecule has 1 aromatic heterocycles. The van der Waals surface area contributed by atoms with Gasteiger partial charge in [-0.05, 0) is 42.5 Å². The number of halogens is 1. The van der Waals surface area contributed by atoms with Crippen molar-refractivity contribution < 1.29 is 28.9 Å². The van der Waals surface area contributed by atoms with E-state index in [1.807, 2.05) is 13.8 Å². The maximum Gasteiger partial charge on any atom is 0.255 e. The van der Waals surface area contributed by atoms with Gasteiger partial charge in [-0.25, -0.2) is 9.37 Å². The zero-order valence-electron chi connectivity index (χ0n) is 19.8. The van der Waals surface area contributed by atoms with Crippen LogP contribution in [-0.4, -0.2) is 59.1 Å². The van der Waals surface area contributed by atoms with Crippen molar-refractivity contribution in [3.63, 3.8) is 0 Å². The number of ether oxygens (including phenoxy) is 2. The Labute approximate surface area is 203 Å². The van der Waals surface area contributed by atoms with Gasteiger partial charge in [-0.2, -0.15) is 4.98 Å². The molecule has 3 rings (SSSR count). The van der Waals surface area contributed by atoms with Crippen molar-refractivity contribution >= 4 is 34.7 Å². The van der Waals surface area contributed by atoms with E-state index >= 15 is 0 Å². The van der Waals surface area contributed by atoms with Crippen LogP contribution in [0.1, 0.15) is 13.8 Å². The highest BCUT2D eigenvalue weighted by Crippen LogP contribution is 2.23. The topological polar surface area (TPSA) is 138 Å². The standard InChI is InChI=1S/C22H24FN5O5.C2H6/c1-32-9-10-33-17-7-5-14(6-8-17)27-22-24-12-18(23)20(28-22)25-15-3-2-4-16(11-15)26-21(31)19(30)13-29;1-2/h2-8,11-12,19,29-30H,9-10,13H2,1H3,(H,26,31)(H2,24,25,27,28);1-2H3. The summed E-state index contributed by atoms with van der Waals surface area (Å²) in [6, 6.07) is 13.5. The van der Waals surface area contributed by atoms with Crippen molar-refractivity contribution in [3.05, 3.63) is 60.5 Å². The van der Waals surface area contributed by atoms with Crippen LogP contribution in [0.2, 0.25) is 0 Å². The molecule has 0 radical (unpaired) electrons. The van der Waals surface area contributed by atoms with Crippen molar-refractivity contribution in [2.75, 3.05) is 42.9 Å². The van der Waals surface area contributed by atoms with Gasteiger partial charge in [-0.3, -0.25) is 4.79 Å². The number of aliphatic hydroxyl groups is 2. The summed E-state index contributed by atoms with van der Waals surface area (Å²) in [4.78, 5) is 19.8. The average Bonchev–Trinajstić information content (AvgIpc) is 2.88. The van der Waals surface area contributed by atoms with Gasteiger partial charge in [0.25, 0.3) is 5.91 Å². The lowest BCUT2D eigenvalue weighted by atomic mass is 10.2. The summed E-state index contributed by atoms with van der Waals surface area (Å²) < 4.78 is 24.7. The molecule has 11 heteroatoms. The normalized spacial score (nSPS) is 11.0. The fourth-order valence-corrected chi connectivity index (χ4v) is 2.64. The number of carbonyl (C=O) groups excluding carboxylic acids is 1. The number of aromatic nitrogens is 2. The van der Waals surface area contributed by atoms with Crippen molar-refractivity contribution in [1.82, 2.24) is 9.97 Å². The van der Waals surface area contributed by atoms with E-state index in [1.165, 1.54) is 6.07 Å². The SMILES string of the molecule is CC.COCCOc1ccc(Nc2ncc(F)c(Nc3cccc(NC(=O)C(O)CO)c3)n2)cc1. The second kappa shape index (κ2) is 14.5. The quantitative estimate of drug-likeness (QED) is 0.257. The molecule has 0 aliphatic rings. The smallest absolute Gasteiger partial charge is 0.255 e. The number of nitrogens with zero attached hydrogens (tertiary/aromatic N) is 2. The molecule has 5 N–H and O–H groups in total. The van der Waals surface area contributed by atoms with Crippen LogP contribution in [0.5, 0.6) is 5.75 Å². The van der Waals surface area contributed by atoms with Gasteiger partial charge in [0.15, 0.2) is 17.7 Å². The molecule has 0 bridgehead atoms. The fraction of sp³-hybridized carbons (Fsp3) is 0.292. The van der Waals surface area contributed by atoms with Crippen LogP contribution >= 0.6 is 0 Å². The summed E-state index contributed by atoms with van der Waals surface area (Å²) in [7, 11) is 1.60. The Kier molecular flexibility index (Phi) is 11.3. The first-order valence-corrected chi connectivity index (χ1v) is 11.0. The summed E-state index contributed by atoms with van der Waals surface area (Å²) in [6.07, 6.45) is -0.510. The number of rotatable bonds is 11. The molecule has 2 aromatic carbocycles. The monoisotopic (exact) mass is 487 g/mol.